The number of aromatic nitrogens is 2. The molecule has 0 spiro atoms. The molecule has 0 radical (unpaired) electrons. The molecular weight excluding hydrogens is 417 g/mol. The highest BCUT2D eigenvalue weighted by molar-refractivity contribution is 7.14. The topological polar surface area (TPSA) is 56.2 Å². The molecule has 0 aliphatic carbocycles. The number of carbonyl (C=O) groups is 1. The molecule has 1 saturated heterocycles. The summed E-state index contributed by atoms with van der Waals surface area (Å²) in [5.41, 5.74) is 1.84. The van der Waals surface area contributed by atoms with Crippen LogP contribution in [0.4, 0.5) is 5.13 Å². The van der Waals surface area contributed by atoms with Gasteiger partial charge in [-0.05, 0) is 42.7 Å². The molecule has 2 aromatic heterocycles. The second-order valence-electron chi connectivity index (χ2n) is 6.82. The van der Waals surface area contributed by atoms with E-state index in [4.69, 9.17) is 27.9 Å². The number of hydrogen-bond donors (Lipinski definition) is 1. The molecule has 1 fully saturated rings. The van der Waals surface area contributed by atoms with Gasteiger partial charge < -0.3 is 14.6 Å². The molecule has 0 bridgehead atoms. The van der Waals surface area contributed by atoms with E-state index in [9.17, 15) is 4.79 Å². The zero-order chi connectivity index (χ0) is 19.7. The van der Waals surface area contributed by atoms with Gasteiger partial charge >= 0.3 is 0 Å². The number of halogens is 2. The van der Waals surface area contributed by atoms with Gasteiger partial charge in [0.15, 0.2) is 5.13 Å². The highest BCUT2D eigenvalue weighted by Gasteiger charge is 2.43. The molecule has 3 aromatic rings. The average molecular weight is 436 g/mol. The summed E-state index contributed by atoms with van der Waals surface area (Å²) in [6.45, 7) is 0.998. The van der Waals surface area contributed by atoms with Crippen LogP contribution in [0.15, 0.2) is 41.9 Å². The number of nitrogens with zero attached hydrogens (tertiary/aromatic N) is 2. The fourth-order valence-corrected chi connectivity index (χ4v) is 4.90. The molecule has 4 rings (SSSR count). The molecule has 0 unspecified atom stereocenters. The summed E-state index contributed by atoms with van der Waals surface area (Å²) in [7, 11) is 1.96. The van der Waals surface area contributed by atoms with E-state index in [-0.39, 0.29) is 5.91 Å². The summed E-state index contributed by atoms with van der Waals surface area (Å²) < 4.78 is 7.51. The number of amides is 1. The first-order valence-electron chi connectivity index (χ1n) is 8.91. The van der Waals surface area contributed by atoms with Gasteiger partial charge in [0.2, 0.25) is 5.91 Å². The van der Waals surface area contributed by atoms with Gasteiger partial charge in [0.05, 0.1) is 16.8 Å². The number of thiazole rings is 1. The third-order valence-corrected chi connectivity index (χ3v) is 6.46. The quantitative estimate of drug-likeness (QED) is 0.616. The van der Waals surface area contributed by atoms with Crippen LogP contribution in [-0.2, 0) is 22.0 Å². The van der Waals surface area contributed by atoms with Gasteiger partial charge in [-0.15, -0.1) is 11.3 Å². The van der Waals surface area contributed by atoms with Crippen LogP contribution in [0, 0.1) is 0 Å². The lowest BCUT2D eigenvalue weighted by Crippen LogP contribution is -2.45. The monoisotopic (exact) mass is 435 g/mol. The maximum atomic E-state index is 13.4. The highest BCUT2D eigenvalue weighted by atomic mass is 35.5. The van der Waals surface area contributed by atoms with E-state index in [1.807, 2.05) is 41.4 Å². The van der Waals surface area contributed by atoms with Crippen molar-refractivity contribution in [2.24, 2.45) is 7.05 Å². The van der Waals surface area contributed by atoms with Gasteiger partial charge in [-0.25, -0.2) is 4.98 Å². The molecule has 146 valence electrons. The molecule has 8 heteroatoms. The largest absolute Gasteiger partial charge is 0.381 e. The van der Waals surface area contributed by atoms with E-state index in [2.05, 4.69) is 10.3 Å². The minimum Gasteiger partial charge on any atom is -0.381 e. The highest BCUT2D eigenvalue weighted by Crippen LogP contribution is 2.41. The lowest BCUT2D eigenvalue weighted by Gasteiger charge is -2.36. The molecule has 1 aliphatic rings. The van der Waals surface area contributed by atoms with Crippen LogP contribution in [-0.4, -0.2) is 28.7 Å². The standard InChI is InChI=1S/C20H19Cl2N3O2S/c1-25-8-2-3-17(25)16-12-28-19(23-16)24-18(26)20(6-9-27-10-7-20)14-5-4-13(21)11-15(14)22/h2-5,8,11-12H,6-7,9-10H2,1H3,(H,23,24,26). The average Bonchev–Trinajstić information content (AvgIpc) is 3.30. The summed E-state index contributed by atoms with van der Waals surface area (Å²) in [6.07, 6.45) is 3.07. The number of carbonyl (C=O) groups excluding carboxylic acids is 1. The van der Waals surface area contributed by atoms with E-state index in [0.29, 0.717) is 41.2 Å². The van der Waals surface area contributed by atoms with Gasteiger partial charge in [0, 0.05) is 41.9 Å². The van der Waals surface area contributed by atoms with Gasteiger partial charge in [0.1, 0.15) is 0 Å². The SMILES string of the molecule is Cn1cccc1-c1csc(NC(=O)C2(c3ccc(Cl)cc3Cl)CCOCC2)n1. The molecular formula is C20H19Cl2N3O2S. The fraction of sp³-hybridized carbons (Fsp3) is 0.300. The van der Waals surface area contributed by atoms with Crippen molar-refractivity contribution in [1.29, 1.82) is 0 Å². The summed E-state index contributed by atoms with van der Waals surface area (Å²) in [4.78, 5) is 18.0. The van der Waals surface area contributed by atoms with Crippen LogP contribution in [0.25, 0.3) is 11.4 Å². The Bertz CT molecular complexity index is 1010. The number of aryl methyl sites for hydroxylation is 1. The lowest BCUT2D eigenvalue weighted by molar-refractivity contribution is -0.125. The molecule has 1 N–H and O–H groups in total. The van der Waals surface area contributed by atoms with E-state index >= 15 is 0 Å². The number of rotatable bonds is 4. The van der Waals surface area contributed by atoms with E-state index in [1.165, 1.54) is 11.3 Å². The molecule has 1 aliphatic heterocycles. The number of ether oxygens (including phenoxy) is 1. The first-order valence-corrected chi connectivity index (χ1v) is 10.6. The Morgan fingerprint density at radius 2 is 2.07 bits per heavy atom. The zero-order valence-corrected chi connectivity index (χ0v) is 17.6. The first kappa shape index (κ1) is 19.5. The van der Waals surface area contributed by atoms with Gasteiger partial charge in [0.25, 0.3) is 0 Å². The minimum absolute atomic E-state index is 0.118. The van der Waals surface area contributed by atoms with Crippen LogP contribution in [0.2, 0.25) is 10.0 Å². The number of benzene rings is 1. The Morgan fingerprint density at radius 1 is 1.29 bits per heavy atom. The summed E-state index contributed by atoms with van der Waals surface area (Å²) in [6, 6.07) is 9.25. The Balaban J connectivity index is 1.64. The second kappa shape index (κ2) is 7.87. The van der Waals surface area contributed by atoms with Crippen molar-refractivity contribution in [2.45, 2.75) is 18.3 Å². The van der Waals surface area contributed by atoms with Crippen molar-refractivity contribution in [1.82, 2.24) is 9.55 Å². The molecule has 3 heterocycles. The second-order valence-corrected chi connectivity index (χ2v) is 8.52. The molecule has 5 nitrogen and oxygen atoms in total. The molecule has 1 amide bonds. The number of nitrogens with one attached hydrogen (secondary N) is 1. The van der Waals surface area contributed by atoms with Crippen molar-refractivity contribution in [3.05, 3.63) is 57.5 Å². The maximum Gasteiger partial charge on any atom is 0.237 e. The predicted molar refractivity (Wildman–Crippen MR) is 113 cm³/mol. The van der Waals surface area contributed by atoms with E-state index < -0.39 is 5.41 Å². The minimum atomic E-state index is -0.767. The van der Waals surface area contributed by atoms with Crippen LogP contribution in [0.3, 0.4) is 0 Å². The van der Waals surface area contributed by atoms with Crippen LogP contribution >= 0.6 is 34.5 Å². The maximum absolute atomic E-state index is 13.4. The van der Waals surface area contributed by atoms with E-state index in [1.54, 1.807) is 12.1 Å². The summed E-state index contributed by atoms with van der Waals surface area (Å²) in [5, 5.41) is 6.55. The third kappa shape index (κ3) is 3.57. The number of anilines is 1. The van der Waals surface area contributed by atoms with Crippen LogP contribution in [0.1, 0.15) is 18.4 Å². The van der Waals surface area contributed by atoms with Crippen molar-refractivity contribution in [3.8, 4) is 11.4 Å². The summed E-state index contributed by atoms with van der Waals surface area (Å²) in [5.74, 6) is -0.118. The lowest BCUT2D eigenvalue weighted by atomic mass is 9.73. The Hall–Kier alpha value is -1.86. The fourth-order valence-electron chi connectivity index (χ4n) is 3.61. The molecule has 28 heavy (non-hydrogen) atoms. The van der Waals surface area contributed by atoms with Gasteiger partial charge in [-0.2, -0.15) is 0 Å². The predicted octanol–water partition coefficient (Wildman–Crippen LogP) is 5.14. The smallest absolute Gasteiger partial charge is 0.237 e. The van der Waals surface area contributed by atoms with Gasteiger partial charge in [-0.3, -0.25) is 4.79 Å². The van der Waals surface area contributed by atoms with Crippen molar-refractivity contribution in [2.75, 3.05) is 18.5 Å². The van der Waals surface area contributed by atoms with Gasteiger partial charge in [-0.1, -0.05) is 29.3 Å². The van der Waals surface area contributed by atoms with Crippen molar-refractivity contribution < 1.29 is 9.53 Å². The summed E-state index contributed by atoms with van der Waals surface area (Å²) >= 11 is 13.9. The molecule has 0 atom stereocenters. The van der Waals surface area contributed by atoms with Crippen LogP contribution in [0.5, 0.6) is 0 Å². The van der Waals surface area contributed by atoms with Crippen molar-refractivity contribution in [3.63, 3.8) is 0 Å². The number of hydrogen-bond acceptors (Lipinski definition) is 4. The molecule has 0 saturated carbocycles. The first-order chi connectivity index (χ1) is 13.5. The Morgan fingerprint density at radius 3 is 2.75 bits per heavy atom. The van der Waals surface area contributed by atoms with Crippen molar-refractivity contribution >= 4 is 45.6 Å². The van der Waals surface area contributed by atoms with Crippen LogP contribution < -0.4 is 5.32 Å². The third-order valence-electron chi connectivity index (χ3n) is 5.16. The Labute approximate surface area is 177 Å². The zero-order valence-electron chi connectivity index (χ0n) is 15.2. The van der Waals surface area contributed by atoms with E-state index in [0.717, 1.165) is 17.0 Å². The normalized spacial score (nSPS) is 16.1. The molecule has 1 aromatic carbocycles. The Kier molecular flexibility index (Phi) is 5.47.